The first-order valence-electron chi connectivity index (χ1n) is 3.24. The summed E-state index contributed by atoms with van der Waals surface area (Å²) >= 11 is 5.33. The Hall–Kier alpha value is -0.880. The highest BCUT2D eigenvalue weighted by atomic mass is 35.5. The van der Waals surface area contributed by atoms with E-state index in [1.165, 1.54) is 0 Å². The summed E-state index contributed by atoms with van der Waals surface area (Å²) in [7, 11) is 0. The number of hydrogen-bond acceptors (Lipinski definition) is 3. The Morgan fingerprint density at radius 3 is 2.46 bits per heavy atom. The van der Waals surface area contributed by atoms with Crippen molar-refractivity contribution in [3.05, 3.63) is 22.7 Å². The second-order valence-electron chi connectivity index (χ2n) is 2.19. The monoisotopic (exact) mass is 211 g/mol. The van der Waals surface area contributed by atoms with Crippen molar-refractivity contribution in [3.63, 3.8) is 0 Å². The molecule has 0 radical (unpaired) electrons. The van der Waals surface area contributed by atoms with Crippen molar-refractivity contribution in [2.24, 2.45) is 5.73 Å². The van der Waals surface area contributed by atoms with E-state index in [-0.39, 0.29) is 17.5 Å². The number of alkyl halides is 3. The highest BCUT2D eigenvalue weighted by Gasteiger charge is 2.33. The molecule has 0 aliphatic carbocycles. The summed E-state index contributed by atoms with van der Waals surface area (Å²) in [4.78, 5) is 6.67. The lowest BCUT2D eigenvalue weighted by atomic mass is 10.4. The maximum absolute atomic E-state index is 12.1. The van der Waals surface area contributed by atoms with E-state index in [0.717, 1.165) is 0 Å². The topological polar surface area (TPSA) is 51.8 Å². The van der Waals surface area contributed by atoms with Gasteiger partial charge in [0.15, 0.2) is 0 Å². The molecule has 0 atom stereocenters. The predicted octanol–water partition coefficient (Wildman–Crippen LogP) is 1.61. The van der Waals surface area contributed by atoms with Crippen LogP contribution in [0.3, 0.4) is 0 Å². The molecule has 13 heavy (non-hydrogen) atoms. The first-order valence-corrected chi connectivity index (χ1v) is 3.62. The Kier molecular flexibility index (Phi) is 2.72. The summed E-state index contributed by atoms with van der Waals surface area (Å²) < 4.78 is 36.3. The summed E-state index contributed by atoms with van der Waals surface area (Å²) in [6, 6.07) is 0.653. The average molecular weight is 212 g/mol. The van der Waals surface area contributed by atoms with Gasteiger partial charge in [0, 0.05) is 6.07 Å². The van der Waals surface area contributed by atoms with Crippen molar-refractivity contribution in [3.8, 4) is 0 Å². The minimum absolute atomic E-state index is 0.125. The van der Waals surface area contributed by atoms with Crippen LogP contribution in [0.5, 0.6) is 0 Å². The van der Waals surface area contributed by atoms with Gasteiger partial charge in [0.05, 0.1) is 6.54 Å². The van der Waals surface area contributed by atoms with Crippen molar-refractivity contribution in [1.29, 1.82) is 0 Å². The van der Waals surface area contributed by atoms with Crippen molar-refractivity contribution in [2.75, 3.05) is 0 Å². The molecule has 0 saturated carbocycles. The molecule has 0 aliphatic rings. The van der Waals surface area contributed by atoms with Gasteiger partial charge in [0.1, 0.15) is 16.7 Å². The zero-order valence-electron chi connectivity index (χ0n) is 6.27. The number of nitrogens with two attached hydrogens (primary N) is 1. The third kappa shape index (κ3) is 2.53. The van der Waals surface area contributed by atoms with Gasteiger partial charge in [0.25, 0.3) is 0 Å². The van der Waals surface area contributed by atoms with Crippen LogP contribution in [-0.4, -0.2) is 9.97 Å². The van der Waals surface area contributed by atoms with E-state index in [0.29, 0.717) is 6.07 Å². The molecule has 0 aromatic carbocycles. The molecule has 1 heterocycles. The first kappa shape index (κ1) is 10.2. The molecule has 0 saturated heterocycles. The lowest BCUT2D eigenvalue weighted by Gasteiger charge is -2.06. The van der Waals surface area contributed by atoms with Crippen LogP contribution in [-0.2, 0) is 12.7 Å². The minimum Gasteiger partial charge on any atom is -0.324 e. The van der Waals surface area contributed by atoms with Gasteiger partial charge in [-0.2, -0.15) is 13.2 Å². The molecule has 1 aromatic rings. The molecule has 0 amide bonds. The molecule has 2 N–H and O–H groups in total. The summed E-state index contributed by atoms with van der Waals surface area (Å²) in [5.41, 5.74) is 4.00. The second-order valence-corrected chi connectivity index (χ2v) is 2.58. The standard InChI is InChI=1S/C6H5ClF3N3/c7-4-1-3(6(8,9)10)12-5(2-11)13-4/h1H,2,11H2. The van der Waals surface area contributed by atoms with E-state index in [1.54, 1.807) is 0 Å². The van der Waals surface area contributed by atoms with Gasteiger partial charge in [0.2, 0.25) is 0 Å². The van der Waals surface area contributed by atoms with Gasteiger partial charge >= 0.3 is 6.18 Å². The van der Waals surface area contributed by atoms with Gasteiger partial charge in [-0.3, -0.25) is 0 Å². The Labute approximate surface area is 76.7 Å². The third-order valence-electron chi connectivity index (χ3n) is 1.21. The van der Waals surface area contributed by atoms with Gasteiger partial charge in [-0.25, -0.2) is 9.97 Å². The number of nitrogens with zero attached hydrogens (tertiary/aromatic N) is 2. The van der Waals surface area contributed by atoms with E-state index >= 15 is 0 Å². The smallest absolute Gasteiger partial charge is 0.324 e. The minimum atomic E-state index is -4.52. The van der Waals surface area contributed by atoms with Crippen LogP contribution in [0.2, 0.25) is 5.15 Å². The Morgan fingerprint density at radius 1 is 1.38 bits per heavy atom. The highest BCUT2D eigenvalue weighted by molar-refractivity contribution is 6.29. The third-order valence-corrected chi connectivity index (χ3v) is 1.41. The molecule has 0 spiro atoms. The fourth-order valence-corrected chi connectivity index (χ4v) is 0.902. The van der Waals surface area contributed by atoms with Crippen LogP contribution < -0.4 is 5.73 Å². The Balaban J connectivity index is 3.16. The summed E-state index contributed by atoms with van der Waals surface area (Å²) in [6.07, 6.45) is -4.52. The molecule has 0 aliphatic heterocycles. The van der Waals surface area contributed by atoms with Crippen LogP contribution >= 0.6 is 11.6 Å². The van der Waals surface area contributed by atoms with E-state index < -0.39 is 11.9 Å². The zero-order valence-corrected chi connectivity index (χ0v) is 7.02. The summed E-state index contributed by atoms with van der Waals surface area (Å²) in [5, 5.41) is -0.261. The number of aromatic nitrogens is 2. The van der Waals surface area contributed by atoms with Crippen LogP contribution in [0, 0.1) is 0 Å². The van der Waals surface area contributed by atoms with Gasteiger partial charge in [-0.15, -0.1) is 0 Å². The molecular weight excluding hydrogens is 207 g/mol. The molecule has 3 nitrogen and oxygen atoms in total. The quantitative estimate of drug-likeness (QED) is 0.718. The molecule has 0 unspecified atom stereocenters. The van der Waals surface area contributed by atoms with E-state index in [9.17, 15) is 13.2 Å². The van der Waals surface area contributed by atoms with Crippen LogP contribution in [0.15, 0.2) is 6.07 Å². The van der Waals surface area contributed by atoms with Crippen molar-refractivity contribution >= 4 is 11.6 Å². The molecule has 1 rings (SSSR count). The van der Waals surface area contributed by atoms with Gasteiger partial charge in [-0.1, -0.05) is 11.6 Å². The zero-order chi connectivity index (χ0) is 10.1. The molecule has 7 heteroatoms. The lowest BCUT2D eigenvalue weighted by Crippen LogP contribution is -2.12. The first-order chi connectivity index (χ1) is 5.93. The fraction of sp³-hybridized carbons (Fsp3) is 0.333. The predicted molar refractivity (Wildman–Crippen MR) is 39.9 cm³/mol. The van der Waals surface area contributed by atoms with Crippen LogP contribution in [0.25, 0.3) is 0 Å². The molecule has 72 valence electrons. The number of hydrogen-bond donors (Lipinski definition) is 1. The molecule has 0 fully saturated rings. The SMILES string of the molecule is NCc1nc(Cl)cc(C(F)(F)F)n1. The normalized spacial score (nSPS) is 11.8. The van der Waals surface area contributed by atoms with E-state index in [1.807, 2.05) is 0 Å². The maximum atomic E-state index is 12.1. The van der Waals surface area contributed by atoms with Gasteiger partial charge in [-0.05, 0) is 0 Å². The number of rotatable bonds is 1. The van der Waals surface area contributed by atoms with Gasteiger partial charge < -0.3 is 5.73 Å². The average Bonchev–Trinajstić information content (AvgIpc) is 2.01. The van der Waals surface area contributed by atoms with E-state index in [4.69, 9.17) is 17.3 Å². The van der Waals surface area contributed by atoms with Crippen molar-refractivity contribution in [1.82, 2.24) is 9.97 Å². The fourth-order valence-electron chi connectivity index (χ4n) is 0.701. The van der Waals surface area contributed by atoms with Crippen LogP contribution in [0.1, 0.15) is 11.5 Å². The molecule has 1 aromatic heterocycles. The largest absolute Gasteiger partial charge is 0.433 e. The van der Waals surface area contributed by atoms with Crippen molar-refractivity contribution in [2.45, 2.75) is 12.7 Å². The summed E-state index contributed by atoms with van der Waals surface area (Å²) in [6.45, 7) is -0.177. The number of halogens is 4. The highest BCUT2D eigenvalue weighted by Crippen LogP contribution is 2.28. The van der Waals surface area contributed by atoms with E-state index in [2.05, 4.69) is 9.97 Å². The van der Waals surface area contributed by atoms with Crippen LogP contribution in [0.4, 0.5) is 13.2 Å². The lowest BCUT2D eigenvalue weighted by molar-refractivity contribution is -0.141. The Morgan fingerprint density at radius 2 is 2.00 bits per heavy atom. The molecule has 0 bridgehead atoms. The maximum Gasteiger partial charge on any atom is 0.433 e. The summed E-state index contributed by atoms with van der Waals surface area (Å²) in [5.74, 6) is -0.125. The second kappa shape index (κ2) is 3.47. The Bertz CT molecular complexity index is 312. The molecular formula is C6H5ClF3N3. The van der Waals surface area contributed by atoms with Crippen molar-refractivity contribution < 1.29 is 13.2 Å².